The molecule has 0 spiro atoms. The number of benzene rings is 1. The van der Waals surface area contributed by atoms with Crippen LogP contribution in [-0.2, 0) is 12.7 Å². The second-order valence-electron chi connectivity index (χ2n) is 6.26. The van der Waals surface area contributed by atoms with E-state index in [1.54, 1.807) is 6.07 Å². The molecule has 7 nitrogen and oxygen atoms in total. The molecular weight excluding hydrogens is 365 g/mol. The zero-order valence-corrected chi connectivity index (χ0v) is 14.1. The van der Waals surface area contributed by atoms with Crippen molar-refractivity contribution in [3.63, 3.8) is 0 Å². The van der Waals surface area contributed by atoms with Crippen molar-refractivity contribution in [3.8, 4) is 0 Å². The van der Waals surface area contributed by atoms with Gasteiger partial charge in [-0.05, 0) is 18.1 Å². The Bertz CT molecular complexity index is 850. The number of carbonyl (C=O) groups excluding carboxylic acids is 2. The number of primary amides is 1. The van der Waals surface area contributed by atoms with Crippen molar-refractivity contribution in [2.75, 3.05) is 13.1 Å². The van der Waals surface area contributed by atoms with Crippen molar-refractivity contribution >= 4 is 11.9 Å². The van der Waals surface area contributed by atoms with Crippen molar-refractivity contribution < 1.29 is 27.3 Å². The topological polar surface area (TPSA) is 101 Å². The predicted octanol–water partition coefficient (Wildman–Crippen LogP) is 2.49. The van der Waals surface area contributed by atoms with Gasteiger partial charge >= 0.3 is 12.2 Å². The molecule has 1 unspecified atom stereocenters. The molecule has 0 radical (unpaired) electrons. The second-order valence-corrected chi connectivity index (χ2v) is 6.26. The molecule has 1 fully saturated rings. The molecule has 2 heterocycles. The first-order valence-electron chi connectivity index (χ1n) is 8.19. The van der Waals surface area contributed by atoms with Crippen molar-refractivity contribution in [2.45, 2.75) is 25.1 Å². The van der Waals surface area contributed by atoms with E-state index in [0.29, 0.717) is 25.1 Å². The summed E-state index contributed by atoms with van der Waals surface area (Å²) in [4.78, 5) is 24.7. The molecule has 3 N–H and O–H groups in total. The summed E-state index contributed by atoms with van der Waals surface area (Å²) in [6.07, 6.45) is -3.82. The van der Waals surface area contributed by atoms with Crippen molar-refractivity contribution in [2.24, 2.45) is 5.73 Å². The molecule has 1 atom stereocenters. The monoisotopic (exact) mass is 382 g/mol. The van der Waals surface area contributed by atoms with Crippen LogP contribution in [0, 0.1) is 0 Å². The van der Waals surface area contributed by atoms with Gasteiger partial charge in [-0.2, -0.15) is 13.2 Å². The SMILES string of the molecule is NC(=O)c1cc(CNC(=O)N2CCC(c3cccc(C(F)(F)F)c3)C2)on1. The fourth-order valence-electron chi connectivity index (χ4n) is 2.97. The zero-order chi connectivity index (χ0) is 19.6. The molecule has 0 saturated carbocycles. The quantitative estimate of drug-likeness (QED) is 0.848. The molecule has 1 aliphatic heterocycles. The summed E-state index contributed by atoms with van der Waals surface area (Å²) >= 11 is 0. The number of amides is 3. The first kappa shape index (κ1) is 18.7. The summed E-state index contributed by atoms with van der Waals surface area (Å²) < 4.78 is 43.5. The van der Waals surface area contributed by atoms with E-state index in [9.17, 15) is 22.8 Å². The number of aromatic nitrogens is 1. The molecule has 0 aliphatic carbocycles. The third-order valence-corrected chi connectivity index (χ3v) is 4.39. The van der Waals surface area contributed by atoms with Crippen LogP contribution >= 0.6 is 0 Å². The Kier molecular flexibility index (Phi) is 5.06. The molecule has 10 heteroatoms. The summed E-state index contributed by atoms with van der Waals surface area (Å²) in [6, 6.07) is 6.13. The third-order valence-electron chi connectivity index (χ3n) is 4.39. The largest absolute Gasteiger partial charge is 0.416 e. The summed E-state index contributed by atoms with van der Waals surface area (Å²) in [7, 11) is 0. The standard InChI is InChI=1S/C17H17F3N4O3/c18-17(19,20)12-3-1-2-10(6-12)11-4-5-24(9-11)16(26)22-8-13-7-14(15(21)25)23-27-13/h1-3,6-7,11H,4-5,8-9H2,(H2,21,25)(H,22,26). The molecule has 144 valence electrons. The number of carbonyl (C=O) groups is 2. The van der Waals surface area contributed by atoms with Gasteiger partial charge in [0.1, 0.15) is 0 Å². The van der Waals surface area contributed by atoms with E-state index >= 15 is 0 Å². The molecular formula is C17H17F3N4O3. The van der Waals surface area contributed by atoms with Crippen LogP contribution in [0.4, 0.5) is 18.0 Å². The summed E-state index contributed by atoms with van der Waals surface area (Å²) in [5.74, 6) is -0.629. The van der Waals surface area contributed by atoms with Crippen molar-refractivity contribution in [3.05, 3.63) is 52.9 Å². The van der Waals surface area contributed by atoms with E-state index in [0.717, 1.165) is 12.1 Å². The molecule has 1 aromatic carbocycles. The number of hydrogen-bond donors (Lipinski definition) is 2. The van der Waals surface area contributed by atoms with Crippen molar-refractivity contribution in [1.29, 1.82) is 0 Å². The van der Waals surface area contributed by atoms with Crippen LogP contribution in [0.25, 0.3) is 0 Å². The average molecular weight is 382 g/mol. The normalized spacial score (nSPS) is 17.1. The van der Waals surface area contributed by atoms with E-state index in [4.69, 9.17) is 10.3 Å². The number of halogens is 3. The number of alkyl halides is 3. The Hall–Kier alpha value is -3.04. The average Bonchev–Trinajstić information content (AvgIpc) is 3.29. The van der Waals surface area contributed by atoms with Gasteiger partial charge in [0, 0.05) is 25.1 Å². The number of nitrogens with one attached hydrogen (secondary N) is 1. The highest BCUT2D eigenvalue weighted by atomic mass is 19.4. The van der Waals surface area contributed by atoms with E-state index in [1.807, 2.05) is 0 Å². The molecule has 1 saturated heterocycles. The maximum absolute atomic E-state index is 12.9. The van der Waals surface area contributed by atoms with Crippen LogP contribution in [0.3, 0.4) is 0 Å². The lowest BCUT2D eigenvalue weighted by molar-refractivity contribution is -0.137. The Morgan fingerprint density at radius 2 is 2.11 bits per heavy atom. The Labute approximate surface area is 152 Å². The lowest BCUT2D eigenvalue weighted by Crippen LogP contribution is -2.37. The van der Waals surface area contributed by atoms with Crippen LogP contribution < -0.4 is 11.1 Å². The van der Waals surface area contributed by atoms with Crippen molar-refractivity contribution in [1.82, 2.24) is 15.4 Å². The molecule has 27 heavy (non-hydrogen) atoms. The number of hydrogen-bond acceptors (Lipinski definition) is 4. The number of nitrogens with two attached hydrogens (primary N) is 1. The van der Waals surface area contributed by atoms with Gasteiger partial charge in [-0.3, -0.25) is 4.79 Å². The maximum atomic E-state index is 12.9. The van der Waals surface area contributed by atoms with Crippen LogP contribution in [0.2, 0.25) is 0 Å². The maximum Gasteiger partial charge on any atom is 0.416 e. The second kappa shape index (κ2) is 7.29. The molecule has 3 amide bonds. The predicted molar refractivity (Wildman–Crippen MR) is 87.6 cm³/mol. The first-order valence-corrected chi connectivity index (χ1v) is 8.19. The van der Waals surface area contributed by atoms with Gasteiger partial charge in [-0.1, -0.05) is 23.4 Å². The van der Waals surface area contributed by atoms with Gasteiger partial charge < -0.3 is 20.5 Å². The minimum atomic E-state index is -4.40. The van der Waals surface area contributed by atoms with E-state index in [1.165, 1.54) is 17.0 Å². The van der Waals surface area contributed by atoms with Gasteiger partial charge in [0.15, 0.2) is 11.5 Å². The number of likely N-dealkylation sites (tertiary alicyclic amines) is 1. The zero-order valence-electron chi connectivity index (χ0n) is 14.1. The summed E-state index contributed by atoms with van der Waals surface area (Å²) in [5.41, 5.74) is 4.89. The molecule has 0 bridgehead atoms. The Morgan fingerprint density at radius 3 is 2.78 bits per heavy atom. The molecule has 1 aromatic heterocycles. The number of urea groups is 1. The number of rotatable bonds is 4. The van der Waals surface area contributed by atoms with E-state index in [-0.39, 0.29) is 29.9 Å². The first-order chi connectivity index (χ1) is 12.7. The highest BCUT2D eigenvalue weighted by Gasteiger charge is 2.32. The fourth-order valence-corrected chi connectivity index (χ4v) is 2.97. The highest BCUT2D eigenvalue weighted by molar-refractivity contribution is 5.90. The lowest BCUT2D eigenvalue weighted by Gasteiger charge is -2.17. The minimum absolute atomic E-state index is 0.0177. The lowest BCUT2D eigenvalue weighted by atomic mass is 9.96. The molecule has 3 rings (SSSR count). The van der Waals surface area contributed by atoms with Gasteiger partial charge in [0.25, 0.3) is 5.91 Å². The van der Waals surface area contributed by atoms with Gasteiger partial charge in [0.2, 0.25) is 0 Å². The van der Waals surface area contributed by atoms with Gasteiger partial charge in [0.05, 0.1) is 12.1 Å². The van der Waals surface area contributed by atoms with Crippen LogP contribution in [-0.4, -0.2) is 35.1 Å². The third kappa shape index (κ3) is 4.39. The smallest absolute Gasteiger partial charge is 0.364 e. The Balaban J connectivity index is 1.57. The van der Waals surface area contributed by atoms with Crippen LogP contribution in [0.5, 0.6) is 0 Å². The summed E-state index contributed by atoms with van der Waals surface area (Å²) in [6.45, 7) is 0.760. The van der Waals surface area contributed by atoms with E-state index in [2.05, 4.69) is 10.5 Å². The fraction of sp³-hybridized carbons (Fsp3) is 0.353. The van der Waals surface area contributed by atoms with E-state index < -0.39 is 17.6 Å². The van der Waals surface area contributed by atoms with Gasteiger partial charge in [-0.15, -0.1) is 0 Å². The summed E-state index contributed by atoms with van der Waals surface area (Å²) in [5, 5.41) is 6.09. The number of nitrogens with zero attached hydrogens (tertiary/aromatic N) is 2. The minimum Gasteiger partial charge on any atom is -0.364 e. The molecule has 2 aromatic rings. The van der Waals surface area contributed by atoms with Crippen LogP contribution in [0.15, 0.2) is 34.9 Å². The Morgan fingerprint density at radius 1 is 1.33 bits per heavy atom. The molecule has 1 aliphatic rings. The highest BCUT2D eigenvalue weighted by Crippen LogP contribution is 2.33. The van der Waals surface area contributed by atoms with Gasteiger partial charge in [-0.25, -0.2) is 4.79 Å². The van der Waals surface area contributed by atoms with Crippen LogP contribution in [0.1, 0.15) is 39.7 Å².